The molecule has 0 aliphatic carbocycles. The lowest BCUT2D eigenvalue weighted by atomic mass is 10.3. The van der Waals surface area contributed by atoms with Crippen LogP contribution in [0.25, 0.3) is 0 Å². The summed E-state index contributed by atoms with van der Waals surface area (Å²) in [7, 11) is 0.926. The van der Waals surface area contributed by atoms with Crippen LogP contribution in [0.2, 0.25) is 0 Å². The van der Waals surface area contributed by atoms with Gasteiger partial charge in [-0.2, -0.15) is 0 Å². The standard InChI is InChI=1S/C8H9NSi/c10-7-6-9-8-4-2-1-3-5-8/h1-5,9H,10H3. The number of rotatable bonds is 1. The Morgan fingerprint density at radius 2 is 1.90 bits per heavy atom. The van der Waals surface area contributed by atoms with Gasteiger partial charge in [0.2, 0.25) is 0 Å². The molecule has 1 aromatic rings. The molecule has 10 heavy (non-hydrogen) atoms. The molecular weight excluding hydrogens is 138 g/mol. The maximum atomic E-state index is 2.97. The van der Waals surface area contributed by atoms with Gasteiger partial charge in [0.05, 0.1) is 10.2 Å². The van der Waals surface area contributed by atoms with Crippen molar-refractivity contribution >= 4 is 15.9 Å². The summed E-state index contributed by atoms with van der Waals surface area (Å²) in [6.45, 7) is 0. The van der Waals surface area contributed by atoms with Crippen molar-refractivity contribution < 1.29 is 0 Å². The van der Waals surface area contributed by atoms with E-state index >= 15 is 0 Å². The van der Waals surface area contributed by atoms with Gasteiger partial charge in [0.25, 0.3) is 0 Å². The molecule has 1 nitrogen and oxygen atoms in total. The second kappa shape index (κ2) is 3.75. The van der Waals surface area contributed by atoms with Crippen LogP contribution < -0.4 is 5.32 Å². The fourth-order valence-corrected chi connectivity index (χ4v) is 0.781. The molecule has 50 valence electrons. The average molecular weight is 147 g/mol. The second-order valence-corrected chi connectivity index (χ2v) is 2.37. The Morgan fingerprint density at radius 3 is 2.50 bits per heavy atom. The van der Waals surface area contributed by atoms with E-state index in [1.165, 1.54) is 0 Å². The molecule has 0 heterocycles. The number of para-hydroxylation sites is 1. The van der Waals surface area contributed by atoms with E-state index < -0.39 is 0 Å². The van der Waals surface area contributed by atoms with Crippen LogP contribution in [0, 0.1) is 11.6 Å². The maximum absolute atomic E-state index is 2.97. The average Bonchev–Trinajstić information content (AvgIpc) is 2.03. The largest absolute Gasteiger partial charge is 0.315 e. The molecule has 0 saturated heterocycles. The summed E-state index contributed by atoms with van der Waals surface area (Å²) < 4.78 is 0. The fourth-order valence-electron chi connectivity index (χ4n) is 0.656. The summed E-state index contributed by atoms with van der Waals surface area (Å²) >= 11 is 0. The van der Waals surface area contributed by atoms with E-state index in [1.807, 2.05) is 30.3 Å². The highest BCUT2D eigenvalue weighted by Crippen LogP contribution is 2.02. The van der Waals surface area contributed by atoms with Gasteiger partial charge in [-0.25, -0.2) is 0 Å². The van der Waals surface area contributed by atoms with Gasteiger partial charge in [-0.1, -0.05) is 18.2 Å². The van der Waals surface area contributed by atoms with E-state index in [1.54, 1.807) is 0 Å². The van der Waals surface area contributed by atoms with Crippen LogP contribution in [0.5, 0.6) is 0 Å². The predicted molar refractivity (Wildman–Crippen MR) is 47.8 cm³/mol. The molecule has 1 rings (SSSR count). The summed E-state index contributed by atoms with van der Waals surface area (Å²) in [6.07, 6.45) is 0. The number of anilines is 1. The zero-order chi connectivity index (χ0) is 7.23. The van der Waals surface area contributed by atoms with E-state index in [2.05, 4.69) is 16.9 Å². The number of benzene rings is 1. The first-order valence-corrected chi connectivity index (χ1v) is 4.16. The molecule has 0 radical (unpaired) electrons. The Hall–Kier alpha value is -1.20. The van der Waals surface area contributed by atoms with Crippen LogP contribution in [0.15, 0.2) is 30.3 Å². The topological polar surface area (TPSA) is 12.0 Å². The smallest absolute Gasteiger partial charge is 0.0930 e. The third kappa shape index (κ3) is 1.96. The molecule has 0 spiro atoms. The Bertz CT molecular complexity index is 245. The molecule has 0 fully saturated rings. The zero-order valence-corrected chi connectivity index (χ0v) is 7.89. The Labute approximate surface area is 63.9 Å². The molecule has 1 aromatic carbocycles. The number of nitrogens with one attached hydrogen (secondary N) is 1. The van der Waals surface area contributed by atoms with E-state index in [9.17, 15) is 0 Å². The number of hydrogen-bond donors (Lipinski definition) is 1. The molecule has 0 aliphatic rings. The SMILES string of the molecule is [SiH3]C#CNc1ccccc1. The van der Waals surface area contributed by atoms with Crippen LogP contribution in [0.1, 0.15) is 0 Å². The summed E-state index contributed by atoms with van der Waals surface area (Å²) in [6, 6.07) is 12.8. The fraction of sp³-hybridized carbons (Fsp3) is 0. The van der Waals surface area contributed by atoms with E-state index in [0.717, 1.165) is 15.9 Å². The van der Waals surface area contributed by atoms with Crippen LogP contribution in [0.3, 0.4) is 0 Å². The lowest BCUT2D eigenvalue weighted by molar-refractivity contribution is 1.63. The molecule has 0 amide bonds. The molecule has 0 aromatic heterocycles. The molecule has 1 N–H and O–H groups in total. The molecule has 2 heteroatoms. The van der Waals surface area contributed by atoms with Crippen LogP contribution in [0.4, 0.5) is 5.69 Å². The van der Waals surface area contributed by atoms with Crippen molar-refractivity contribution in [1.29, 1.82) is 0 Å². The molecular formula is C8H9NSi. The third-order valence-corrected chi connectivity index (χ3v) is 1.36. The summed E-state index contributed by atoms with van der Waals surface area (Å²) in [5.41, 5.74) is 3.95. The van der Waals surface area contributed by atoms with Gasteiger partial charge < -0.3 is 5.32 Å². The van der Waals surface area contributed by atoms with Crippen molar-refractivity contribution in [2.24, 2.45) is 0 Å². The highest BCUT2D eigenvalue weighted by molar-refractivity contribution is 6.22. The zero-order valence-electron chi connectivity index (χ0n) is 5.89. The van der Waals surface area contributed by atoms with Crippen molar-refractivity contribution in [3.63, 3.8) is 0 Å². The van der Waals surface area contributed by atoms with Crippen LogP contribution in [-0.4, -0.2) is 10.2 Å². The Morgan fingerprint density at radius 1 is 1.20 bits per heavy atom. The summed E-state index contributed by atoms with van der Waals surface area (Å²) in [5.74, 6) is 0. The molecule has 0 bridgehead atoms. The highest BCUT2D eigenvalue weighted by atomic mass is 28.1. The monoisotopic (exact) mass is 147 g/mol. The summed E-state index contributed by atoms with van der Waals surface area (Å²) in [4.78, 5) is 0. The Balaban J connectivity index is 2.64. The molecule has 0 atom stereocenters. The number of hydrogen-bond acceptors (Lipinski definition) is 1. The molecule has 0 aliphatic heterocycles. The van der Waals surface area contributed by atoms with E-state index in [-0.39, 0.29) is 0 Å². The van der Waals surface area contributed by atoms with Gasteiger partial charge in [-0.15, -0.1) is 5.54 Å². The molecule has 0 saturated carbocycles. The normalized spacial score (nSPS) is 8.00. The van der Waals surface area contributed by atoms with Crippen LogP contribution in [-0.2, 0) is 0 Å². The maximum Gasteiger partial charge on any atom is 0.0930 e. The first-order chi connectivity index (χ1) is 4.93. The van der Waals surface area contributed by atoms with Gasteiger partial charge in [-0.05, 0) is 12.1 Å². The van der Waals surface area contributed by atoms with Crippen molar-refractivity contribution in [2.75, 3.05) is 5.32 Å². The van der Waals surface area contributed by atoms with Crippen molar-refractivity contribution in [3.05, 3.63) is 30.3 Å². The lowest BCUT2D eigenvalue weighted by Gasteiger charge is -1.93. The van der Waals surface area contributed by atoms with Crippen molar-refractivity contribution in [1.82, 2.24) is 0 Å². The van der Waals surface area contributed by atoms with Crippen molar-refractivity contribution in [3.8, 4) is 11.6 Å². The third-order valence-electron chi connectivity index (χ3n) is 1.11. The first-order valence-electron chi connectivity index (χ1n) is 3.16. The minimum atomic E-state index is 0.926. The van der Waals surface area contributed by atoms with Gasteiger partial charge >= 0.3 is 0 Å². The highest BCUT2D eigenvalue weighted by Gasteiger charge is 1.80. The van der Waals surface area contributed by atoms with E-state index in [0.29, 0.717) is 0 Å². The minimum absolute atomic E-state index is 0.926. The Kier molecular flexibility index (Phi) is 2.59. The van der Waals surface area contributed by atoms with Gasteiger partial charge in [0, 0.05) is 11.7 Å². The van der Waals surface area contributed by atoms with Gasteiger partial charge in [0.1, 0.15) is 0 Å². The quantitative estimate of drug-likeness (QED) is 0.344. The lowest BCUT2D eigenvalue weighted by Crippen LogP contribution is -1.85. The molecule has 0 unspecified atom stereocenters. The van der Waals surface area contributed by atoms with E-state index in [4.69, 9.17) is 0 Å². The van der Waals surface area contributed by atoms with Crippen molar-refractivity contribution in [2.45, 2.75) is 0 Å². The summed E-state index contributed by atoms with van der Waals surface area (Å²) in [5, 5.41) is 2.97. The first kappa shape index (κ1) is 6.91. The van der Waals surface area contributed by atoms with Gasteiger partial charge in [0.15, 0.2) is 0 Å². The van der Waals surface area contributed by atoms with Gasteiger partial charge in [-0.3, -0.25) is 0 Å². The van der Waals surface area contributed by atoms with Crippen LogP contribution >= 0.6 is 0 Å². The predicted octanol–water partition coefficient (Wildman–Crippen LogP) is 0.382. The minimum Gasteiger partial charge on any atom is -0.315 e. The second-order valence-electron chi connectivity index (χ2n) is 1.87.